The quantitative estimate of drug-likeness (QED) is 0.574. The summed E-state index contributed by atoms with van der Waals surface area (Å²) < 4.78 is 45.6. The first kappa shape index (κ1) is 18.2. The minimum absolute atomic E-state index is 0.224. The smallest absolute Gasteiger partial charge is 0.406 e. The SMILES string of the molecule is O=[N+]([O-])c1ccc(CN2CCC(c3ccc(OC(F)(F)F)cc3)CC2)o1. The van der Waals surface area contributed by atoms with E-state index in [4.69, 9.17) is 4.42 Å². The van der Waals surface area contributed by atoms with Crippen LogP contribution in [0.4, 0.5) is 19.1 Å². The van der Waals surface area contributed by atoms with Crippen LogP contribution in [0, 0.1) is 10.1 Å². The van der Waals surface area contributed by atoms with Crippen molar-refractivity contribution in [2.75, 3.05) is 13.1 Å². The highest BCUT2D eigenvalue weighted by atomic mass is 19.4. The molecule has 1 aromatic heterocycles. The number of nitro groups is 1. The van der Waals surface area contributed by atoms with Crippen molar-refractivity contribution >= 4 is 5.88 Å². The number of hydrogen-bond acceptors (Lipinski definition) is 5. The summed E-state index contributed by atoms with van der Waals surface area (Å²) in [5, 5.41) is 10.6. The van der Waals surface area contributed by atoms with Gasteiger partial charge >= 0.3 is 12.2 Å². The molecule has 1 aromatic carbocycles. The third-order valence-electron chi connectivity index (χ3n) is 4.38. The standard InChI is InChI=1S/C17H17F3N2O4/c18-17(19,20)26-14-3-1-12(2-4-14)13-7-9-21(10-8-13)11-15-5-6-16(25-15)22(23)24/h1-6,13H,7-11H2. The van der Waals surface area contributed by atoms with E-state index in [2.05, 4.69) is 9.64 Å². The zero-order valence-electron chi connectivity index (χ0n) is 13.7. The van der Waals surface area contributed by atoms with Gasteiger partial charge in [-0.2, -0.15) is 0 Å². The molecule has 1 aliphatic heterocycles. The topological polar surface area (TPSA) is 68.8 Å². The summed E-state index contributed by atoms with van der Waals surface area (Å²) in [6.07, 6.45) is -2.99. The largest absolute Gasteiger partial charge is 0.573 e. The summed E-state index contributed by atoms with van der Waals surface area (Å²) in [5.74, 6) is 0.315. The van der Waals surface area contributed by atoms with E-state index < -0.39 is 11.3 Å². The van der Waals surface area contributed by atoms with Crippen LogP contribution in [0.15, 0.2) is 40.8 Å². The Morgan fingerprint density at radius 3 is 2.35 bits per heavy atom. The van der Waals surface area contributed by atoms with Crippen LogP contribution in [-0.2, 0) is 6.54 Å². The van der Waals surface area contributed by atoms with E-state index in [-0.39, 0.29) is 17.6 Å². The van der Waals surface area contributed by atoms with Gasteiger partial charge in [-0.15, -0.1) is 13.2 Å². The van der Waals surface area contributed by atoms with E-state index in [0.29, 0.717) is 12.3 Å². The van der Waals surface area contributed by atoms with Crippen LogP contribution >= 0.6 is 0 Å². The molecule has 0 atom stereocenters. The first-order chi connectivity index (χ1) is 12.3. The maximum atomic E-state index is 12.2. The number of rotatable bonds is 5. The Bertz CT molecular complexity index is 750. The van der Waals surface area contributed by atoms with Crippen molar-refractivity contribution in [1.82, 2.24) is 4.90 Å². The van der Waals surface area contributed by atoms with Crippen LogP contribution in [0.1, 0.15) is 30.1 Å². The number of alkyl halides is 3. The van der Waals surface area contributed by atoms with Crippen LogP contribution in [0.5, 0.6) is 5.75 Å². The van der Waals surface area contributed by atoms with Gasteiger partial charge in [-0.25, -0.2) is 0 Å². The van der Waals surface area contributed by atoms with Gasteiger partial charge in [0, 0.05) is 0 Å². The Balaban J connectivity index is 1.52. The summed E-state index contributed by atoms with van der Waals surface area (Å²) >= 11 is 0. The molecule has 3 rings (SSSR count). The molecular weight excluding hydrogens is 353 g/mol. The average Bonchev–Trinajstić information content (AvgIpc) is 3.04. The zero-order valence-corrected chi connectivity index (χ0v) is 13.7. The molecule has 6 nitrogen and oxygen atoms in total. The third-order valence-corrected chi connectivity index (χ3v) is 4.38. The van der Waals surface area contributed by atoms with Gasteiger partial charge < -0.3 is 9.15 Å². The summed E-state index contributed by atoms with van der Waals surface area (Å²) in [5.41, 5.74) is 0.979. The number of nitrogens with zero attached hydrogens (tertiary/aromatic N) is 2. The average molecular weight is 370 g/mol. The van der Waals surface area contributed by atoms with Crippen molar-refractivity contribution in [3.05, 3.63) is 57.8 Å². The molecule has 9 heteroatoms. The van der Waals surface area contributed by atoms with Crippen LogP contribution in [0.3, 0.4) is 0 Å². The molecule has 1 fully saturated rings. The van der Waals surface area contributed by atoms with Crippen LogP contribution in [0.25, 0.3) is 0 Å². The minimum Gasteiger partial charge on any atom is -0.406 e. The maximum Gasteiger partial charge on any atom is 0.573 e. The number of furan rings is 1. The molecule has 2 heterocycles. The molecule has 1 aliphatic rings. The maximum absolute atomic E-state index is 12.2. The van der Waals surface area contributed by atoms with Crippen molar-refractivity contribution in [3.8, 4) is 5.75 Å². The van der Waals surface area contributed by atoms with Gasteiger partial charge in [0.2, 0.25) is 0 Å². The molecular formula is C17H17F3N2O4. The van der Waals surface area contributed by atoms with Gasteiger partial charge in [-0.1, -0.05) is 12.1 Å². The fourth-order valence-electron chi connectivity index (χ4n) is 3.14. The predicted molar refractivity (Wildman–Crippen MR) is 85.7 cm³/mol. The zero-order chi connectivity index (χ0) is 18.7. The Morgan fingerprint density at radius 2 is 1.81 bits per heavy atom. The van der Waals surface area contributed by atoms with Gasteiger partial charge in [-0.05, 0) is 55.6 Å². The van der Waals surface area contributed by atoms with Crippen molar-refractivity contribution in [2.24, 2.45) is 0 Å². The first-order valence-electron chi connectivity index (χ1n) is 8.11. The Morgan fingerprint density at radius 1 is 1.15 bits per heavy atom. The summed E-state index contributed by atoms with van der Waals surface area (Å²) in [4.78, 5) is 12.2. The Hall–Kier alpha value is -2.55. The fraction of sp³-hybridized carbons (Fsp3) is 0.412. The molecule has 0 bridgehead atoms. The lowest BCUT2D eigenvalue weighted by Crippen LogP contribution is -2.32. The van der Waals surface area contributed by atoms with Crippen molar-refractivity contribution in [3.63, 3.8) is 0 Å². The van der Waals surface area contributed by atoms with E-state index in [0.717, 1.165) is 31.5 Å². The number of benzene rings is 1. The normalized spacial score (nSPS) is 16.6. The molecule has 0 unspecified atom stereocenters. The monoisotopic (exact) mass is 370 g/mol. The predicted octanol–water partition coefficient (Wildman–Crippen LogP) is 4.47. The second-order valence-corrected chi connectivity index (χ2v) is 6.16. The van der Waals surface area contributed by atoms with E-state index in [1.807, 2.05) is 0 Å². The lowest BCUT2D eigenvalue weighted by Gasteiger charge is -2.31. The van der Waals surface area contributed by atoms with Gasteiger partial charge in [0.1, 0.15) is 16.4 Å². The number of likely N-dealkylation sites (tertiary alicyclic amines) is 1. The van der Waals surface area contributed by atoms with Crippen molar-refractivity contribution in [1.29, 1.82) is 0 Å². The second-order valence-electron chi connectivity index (χ2n) is 6.16. The van der Waals surface area contributed by atoms with Crippen molar-refractivity contribution < 1.29 is 27.2 Å². The number of ether oxygens (including phenoxy) is 1. The Labute approximate surface area is 147 Å². The van der Waals surface area contributed by atoms with Gasteiger partial charge in [0.25, 0.3) is 0 Å². The number of piperidine rings is 1. The molecule has 1 saturated heterocycles. The fourth-order valence-corrected chi connectivity index (χ4v) is 3.14. The number of hydrogen-bond donors (Lipinski definition) is 0. The molecule has 26 heavy (non-hydrogen) atoms. The van der Waals surface area contributed by atoms with Crippen LogP contribution < -0.4 is 4.74 Å². The molecule has 2 aromatic rings. The van der Waals surface area contributed by atoms with E-state index >= 15 is 0 Å². The lowest BCUT2D eigenvalue weighted by atomic mass is 9.89. The molecule has 0 amide bonds. The summed E-state index contributed by atoms with van der Waals surface area (Å²) in [7, 11) is 0. The molecule has 140 valence electrons. The molecule has 0 spiro atoms. The molecule has 0 N–H and O–H groups in total. The van der Waals surface area contributed by atoms with E-state index in [1.54, 1.807) is 18.2 Å². The number of halogens is 3. The lowest BCUT2D eigenvalue weighted by molar-refractivity contribution is -0.402. The molecule has 0 aliphatic carbocycles. The first-order valence-corrected chi connectivity index (χ1v) is 8.11. The van der Waals surface area contributed by atoms with Crippen LogP contribution in [0.2, 0.25) is 0 Å². The van der Waals surface area contributed by atoms with E-state index in [1.165, 1.54) is 18.2 Å². The van der Waals surface area contributed by atoms with Gasteiger partial charge in [0.05, 0.1) is 12.6 Å². The molecule has 0 saturated carbocycles. The van der Waals surface area contributed by atoms with Crippen molar-refractivity contribution in [2.45, 2.75) is 31.7 Å². The molecule has 0 radical (unpaired) electrons. The Kier molecular flexibility index (Phi) is 5.17. The summed E-state index contributed by atoms with van der Waals surface area (Å²) in [6.45, 7) is 2.05. The van der Waals surface area contributed by atoms with E-state index in [9.17, 15) is 23.3 Å². The van der Waals surface area contributed by atoms with Gasteiger partial charge in [-0.3, -0.25) is 15.0 Å². The highest BCUT2D eigenvalue weighted by molar-refractivity contribution is 5.30. The third kappa shape index (κ3) is 4.75. The summed E-state index contributed by atoms with van der Waals surface area (Å²) in [6, 6.07) is 8.93. The minimum atomic E-state index is -4.69. The second kappa shape index (κ2) is 7.36. The highest BCUT2D eigenvalue weighted by Gasteiger charge is 2.31. The van der Waals surface area contributed by atoms with Gasteiger partial charge in [0.15, 0.2) is 0 Å². The highest BCUT2D eigenvalue weighted by Crippen LogP contribution is 2.31. The van der Waals surface area contributed by atoms with Crippen LogP contribution in [-0.4, -0.2) is 29.3 Å².